The Morgan fingerprint density at radius 2 is 1.91 bits per heavy atom. The van der Waals surface area contributed by atoms with Gasteiger partial charge in [-0.15, -0.1) is 0 Å². The van der Waals surface area contributed by atoms with Crippen LogP contribution in [0.5, 0.6) is 11.5 Å². The molecule has 1 amide bonds. The first-order valence-corrected chi connectivity index (χ1v) is 10.3. The fourth-order valence-corrected chi connectivity index (χ4v) is 3.49. The Balaban J connectivity index is 1.83. The van der Waals surface area contributed by atoms with Crippen molar-refractivity contribution in [3.05, 3.63) is 47.8 Å². The second kappa shape index (κ2) is 10.1. The maximum absolute atomic E-state index is 13.0. The SMILES string of the molecule is CCN(CC(C)C(=O)OC)C(=O)c1cnc2c(cnn2Cc2ccc(OC)cc2OC)c1. The van der Waals surface area contributed by atoms with E-state index in [1.807, 2.05) is 25.1 Å². The number of rotatable bonds is 9. The minimum atomic E-state index is -0.414. The highest BCUT2D eigenvalue weighted by Crippen LogP contribution is 2.26. The fraction of sp³-hybridized carbons (Fsp3) is 0.391. The van der Waals surface area contributed by atoms with E-state index in [2.05, 4.69) is 10.1 Å². The molecule has 1 unspecified atom stereocenters. The lowest BCUT2D eigenvalue weighted by Crippen LogP contribution is -2.37. The predicted octanol–water partition coefficient (Wildman–Crippen LogP) is 2.77. The number of carbonyl (C=O) groups is 2. The van der Waals surface area contributed by atoms with Gasteiger partial charge < -0.3 is 19.1 Å². The molecule has 0 fully saturated rings. The zero-order chi connectivity index (χ0) is 23.3. The molecule has 9 nitrogen and oxygen atoms in total. The summed E-state index contributed by atoms with van der Waals surface area (Å²) in [6, 6.07) is 7.37. The summed E-state index contributed by atoms with van der Waals surface area (Å²) < 4.78 is 17.2. The molecule has 0 N–H and O–H groups in total. The second-order valence-electron chi connectivity index (χ2n) is 7.38. The second-order valence-corrected chi connectivity index (χ2v) is 7.38. The maximum atomic E-state index is 13.0. The van der Waals surface area contributed by atoms with Crippen LogP contribution in [-0.2, 0) is 16.1 Å². The molecule has 32 heavy (non-hydrogen) atoms. The number of fused-ring (bicyclic) bond motifs is 1. The molecule has 0 aliphatic heterocycles. The van der Waals surface area contributed by atoms with Gasteiger partial charge in [0.25, 0.3) is 5.91 Å². The third-order valence-electron chi connectivity index (χ3n) is 5.30. The number of methoxy groups -OCH3 is 3. The number of aromatic nitrogens is 3. The summed E-state index contributed by atoms with van der Waals surface area (Å²) in [5.41, 5.74) is 2.03. The van der Waals surface area contributed by atoms with Crippen molar-refractivity contribution in [1.82, 2.24) is 19.7 Å². The third-order valence-corrected chi connectivity index (χ3v) is 5.30. The number of pyridine rings is 1. The smallest absolute Gasteiger partial charge is 0.310 e. The quantitative estimate of drug-likeness (QED) is 0.472. The van der Waals surface area contributed by atoms with Crippen molar-refractivity contribution >= 4 is 22.9 Å². The molecule has 0 aliphatic carbocycles. The summed E-state index contributed by atoms with van der Waals surface area (Å²) in [7, 11) is 4.55. The van der Waals surface area contributed by atoms with Gasteiger partial charge in [0.1, 0.15) is 11.5 Å². The Kier molecular flexibility index (Phi) is 7.29. The highest BCUT2D eigenvalue weighted by molar-refractivity contribution is 5.97. The van der Waals surface area contributed by atoms with E-state index >= 15 is 0 Å². The van der Waals surface area contributed by atoms with E-state index in [-0.39, 0.29) is 18.4 Å². The minimum Gasteiger partial charge on any atom is -0.497 e. The fourth-order valence-electron chi connectivity index (χ4n) is 3.49. The summed E-state index contributed by atoms with van der Waals surface area (Å²) >= 11 is 0. The minimum absolute atomic E-state index is 0.192. The zero-order valence-electron chi connectivity index (χ0n) is 19.0. The summed E-state index contributed by atoms with van der Waals surface area (Å²) in [5.74, 6) is 0.447. The van der Waals surface area contributed by atoms with Gasteiger partial charge in [-0.25, -0.2) is 9.67 Å². The predicted molar refractivity (Wildman–Crippen MR) is 119 cm³/mol. The Morgan fingerprint density at radius 3 is 2.56 bits per heavy atom. The Bertz CT molecular complexity index is 1110. The van der Waals surface area contributed by atoms with Crippen molar-refractivity contribution < 1.29 is 23.8 Å². The standard InChI is InChI=1S/C23H28N4O5/c1-6-26(13-15(2)23(29)32-5)22(28)18-9-17-12-25-27(21(17)24-11-18)14-16-7-8-19(30-3)10-20(16)31-4/h7-12,15H,6,13-14H2,1-5H3. The first-order valence-electron chi connectivity index (χ1n) is 10.3. The number of benzene rings is 1. The maximum Gasteiger partial charge on any atom is 0.310 e. The van der Waals surface area contributed by atoms with Crippen LogP contribution in [0.3, 0.4) is 0 Å². The van der Waals surface area contributed by atoms with Gasteiger partial charge in [-0.3, -0.25) is 9.59 Å². The number of esters is 1. The molecule has 2 aromatic heterocycles. The molecule has 9 heteroatoms. The van der Waals surface area contributed by atoms with Gasteiger partial charge >= 0.3 is 5.97 Å². The lowest BCUT2D eigenvalue weighted by atomic mass is 10.1. The van der Waals surface area contributed by atoms with Crippen LogP contribution in [0.4, 0.5) is 0 Å². The van der Waals surface area contributed by atoms with E-state index in [1.54, 1.807) is 49.2 Å². The third kappa shape index (κ3) is 4.82. The van der Waals surface area contributed by atoms with Crippen LogP contribution in [-0.4, -0.2) is 66.0 Å². The molecule has 3 rings (SSSR count). The number of amides is 1. The van der Waals surface area contributed by atoms with E-state index in [0.717, 1.165) is 10.9 Å². The molecule has 0 aliphatic rings. The molecule has 1 atom stereocenters. The van der Waals surface area contributed by atoms with Crippen molar-refractivity contribution in [3.8, 4) is 11.5 Å². The first kappa shape index (κ1) is 23.1. The van der Waals surface area contributed by atoms with Crippen LogP contribution >= 0.6 is 0 Å². The van der Waals surface area contributed by atoms with Crippen LogP contribution in [0.2, 0.25) is 0 Å². The Hall–Kier alpha value is -3.62. The van der Waals surface area contributed by atoms with E-state index in [9.17, 15) is 9.59 Å². The molecule has 0 saturated heterocycles. The average molecular weight is 441 g/mol. The molecule has 0 spiro atoms. The largest absolute Gasteiger partial charge is 0.497 e. The lowest BCUT2D eigenvalue weighted by Gasteiger charge is -2.23. The molecule has 0 bridgehead atoms. The number of hydrogen-bond acceptors (Lipinski definition) is 7. The number of hydrogen-bond donors (Lipinski definition) is 0. The van der Waals surface area contributed by atoms with Crippen molar-refractivity contribution in [2.24, 2.45) is 5.92 Å². The van der Waals surface area contributed by atoms with Crippen LogP contribution in [0, 0.1) is 5.92 Å². The summed E-state index contributed by atoms with van der Waals surface area (Å²) in [5, 5.41) is 5.19. The van der Waals surface area contributed by atoms with Gasteiger partial charge in [-0.1, -0.05) is 6.92 Å². The number of carbonyl (C=O) groups excluding carboxylic acids is 2. The van der Waals surface area contributed by atoms with E-state index in [4.69, 9.17) is 14.2 Å². The topological polar surface area (TPSA) is 95.8 Å². The molecular formula is C23H28N4O5. The summed E-state index contributed by atoms with van der Waals surface area (Å²) in [6.45, 7) is 4.80. The van der Waals surface area contributed by atoms with Gasteiger partial charge in [-0.05, 0) is 25.1 Å². The zero-order valence-corrected chi connectivity index (χ0v) is 19.0. The molecule has 0 radical (unpaired) electrons. The number of ether oxygens (including phenoxy) is 3. The highest BCUT2D eigenvalue weighted by atomic mass is 16.5. The lowest BCUT2D eigenvalue weighted by molar-refractivity contribution is -0.145. The molecule has 3 aromatic rings. The van der Waals surface area contributed by atoms with Crippen LogP contribution in [0.25, 0.3) is 11.0 Å². The van der Waals surface area contributed by atoms with Gasteiger partial charge in [0.15, 0.2) is 5.65 Å². The summed E-state index contributed by atoms with van der Waals surface area (Å²) in [4.78, 5) is 30.8. The Labute approximate surface area is 186 Å². The number of nitrogens with zero attached hydrogens (tertiary/aromatic N) is 4. The molecule has 2 heterocycles. The van der Waals surface area contributed by atoms with E-state index in [1.165, 1.54) is 7.11 Å². The van der Waals surface area contributed by atoms with Crippen LogP contribution < -0.4 is 9.47 Å². The van der Waals surface area contributed by atoms with Gasteiger partial charge in [-0.2, -0.15) is 5.10 Å². The van der Waals surface area contributed by atoms with Crippen molar-refractivity contribution in [1.29, 1.82) is 0 Å². The van der Waals surface area contributed by atoms with Crippen molar-refractivity contribution in [3.63, 3.8) is 0 Å². The Morgan fingerprint density at radius 1 is 1.12 bits per heavy atom. The monoisotopic (exact) mass is 440 g/mol. The molecule has 1 aromatic carbocycles. The van der Waals surface area contributed by atoms with E-state index < -0.39 is 5.92 Å². The van der Waals surface area contributed by atoms with Gasteiger partial charge in [0.05, 0.1) is 45.6 Å². The van der Waals surface area contributed by atoms with Crippen molar-refractivity contribution in [2.75, 3.05) is 34.4 Å². The van der Waals surface area contributed by atoms with Crippen LogP contribution in [0.1, 0.15) is 29.8 Å². The summed E-state index contributed by atoms with van der Waals surface area (Å²) in [6.07, 6.45) is 3.22. The molecule has 170 valence electrons. The van der Waals surface area contributed by atoms with Gasteiger partial charge in [0.2, 0.25) is 0 Å². The van der Waals surface area contributed by atoms with Gasteiger partial charge in [0, 0.05) is 36.3 Å². The van der Waals surface area contributed by atoms with Crippen LogP contribution in [0.15, 0.2) is 36.7 Å². The molecular weight excluding hydrogens is 412 g/mol. The van der Waals surface area contributed by atoms with E-state index in [0.29, 0.717) is 35.8 Å². The average Bonchev–Trinajstić information content (AvgIpc) is 3.23. The highest BCUT2D eigenvalue weighted by Gasteiger charge is 2.22. The normalized spacial score (nSPS) is 11.8. The van der Waals surface area contributed by atoms with Crippen molar-refractivity contribution in [2.45, 2.75) is 20.4 Å². The molecule has 0 saturated carbocycles. The first-order chi connectivity index (χ1) is 15.4.